The topological polar surface area (TPSA) is 56.5 Å². The van der Waals surface area contributed by atoms with Gasteiger partial charge in [0.05, 0.1) is 14.2 Å². The van der Waals surface area contributed by atoms with Gasteiger partial charge in [-0.1, -0.05) is 6.92 Å². The normalized spacial score (nSPS) is 12.3. The number of rotatable bonds is 8. The second-order valence-corrected chi connectivity index (χ2v) is 4.94. The van der Waals surface area contributed by atoms with Gasteiger partial charge in [0.15, 0.2) is 0 Å². The molecule has 108 valence electrons. The highest BCUT2D eigenvalue weighted by molar-refractivity contribution is 5.46. The van der Waals surface area contributed by atoms with Crippen LogP contribution in [0.15, 0.2) is 12.1 Å². The van der Waals surface area contributed by atoms with Gasteiger partial charge in [-0.3, -0.25) is 0 Å². The van der Waals surface area contributed by atoms with Crippen molar-refractivity contribution in [1.82, 2.24) is 5.32 Å². The third kappa shape index (κ3) is 4.73. The molecule has 0 amide bonds. The maximum atomic E-state index is 5.55. The van der Waals surface area contributed by atoms with Gasteiger partial charge in [-0.15, -0.1) is 0 Å². The van der Waals surface area contributed by atoms with E-state index in [4.69, 9.17) is 15.2 Å². The summed E-state index contributed by atoms with van der Waals surface area (Å²) >= 11 is 0. The molecule has 0 saturated carbocycles. The highest BCUT2D eigenvalue weighted by Crippen LogP contribution is 2.28. The fourth-order valence-electron chi connectivity index (χ4n) is 2.11. The summed E-state index contributed by atoms with van der Waals surface area (Å²) in [6.45, 7) is 6.79. The molecule has 3 N–H and O–H groups in total. The average Bonchev–Trinajstić information content (AvgIpc) is 2.40. The number of hydrogen-bond acceptors (Lipinski definition) is 4. The van der Waals surface area contributed by atoms with Crippen molar-refractivity contribution in [1.29, 1.82) is 0 Å². The van der Waals surface area contributed by atoms with Gasteiger partial charge in [0.2, 0.25) is 0 Å². The first-order valence-electron chi connectivity index (χ1n) is 6.74. The van der Waals surface area contributed by atoms with Crippen LogP contribution in [0.5, 0.6) is 11.5 Å². The fraction of sp³-hybridized carbons (Fsp3) is 0.600. The summed E-state index contributed by atoms with van der Waals surface area (Å²) in [7, 11) is 3.36. The first kappa shape index (κ1) is 15.8. The molecule has 0 bridgehead atoms. The van der Waals surface area contributed by atoms with Crippen molar-refractivity contribution in [3.8, 4) is 11.5 Å². The van der Waals surface area contributed by atoms with Gasteiger partial charge in [-0.2, -0.15) is 0 Å². The molecule has 19 heavy (non-hydrogen) atoms. The number of nitrogens with one attached hydrogen (secondary N) is 1. The second kappa shape index (κ2) is 8.02. The average molecular weight is 266 g/mol. The van der Waals surface area contributed by atoms with Crippen LogP contribution in [0.25, 0.3) is 0 Å². The number of methoxy groups -OCH3 is 2. The Labute approximate surface area is 116 Å². The van der Waals surface area contributed by atoms with Gasteiger partial charge in [0.25, 0.3) is 0 Å². The van der Waals surface area contributed by atoms with Crippen LogP contribution < -0.4 is 20.5 Å². The SMILES string of the molecule is COc1cc(C)c(CNCC(C)CCN)c(OC)c1. The van der Waals surface area contributed by atoms with Gasteiger partial charge in [-0.05, 0) is 44.0 Å². The second-order valence-electron chi connectivity index (χ2n) is 4.94. The largest absolute Gasteiger partial charge is 0.497 e. The van der Waals surface area contributed by atoms with E-state index in [0.29, 0.717) is 5.92 Å². The molecular formula is C15H26N2O2. The van der Waals surface area contributed by atoms with Crippen LogP contribution in [0.3, 0.4) is 0 Å². The van der Waals surface area contributed by atoms with Crippen molar-refractivity contribution in [2.24, 2.45) is 11.7 Å². The van der Waals surface area contributed by atoms with Crippen LogP contribution in [0.1, 0.15) is 24.5 Å². The first-order valence-corrected chi connectivity index (χ1v) is 6.74. The number of ether oxygens (including phenoxy) is 2. The standard InChI is InChI=1S/C15H26N2O2/c1-11(5-6-16)9-17-10-14-12(2)7-13(18-3)8-15(14)19-4/h7-8,11,17H,5-6,9-10,16H2,1-4H3. The summed E-state index contributed by atoms with van der Waals surface area (Å²) in [5.41, 5.74) is 7.91. The Kier molecular flexibility index (Phi) is 6.67. The van der Waals surface area contributed by atoms with E-state index >= 15 is 0 Å². The van der Waals surface area contributed by atoms with Crippen LogP contribution in [-0.4, -0.2) is 27.3 Å². The zero-order chi connectivity index (χ0) is 14.3. The molecule has 0 aliphatic rings. The number of nitrogens with two attached hydrogens (primary N) is 1. The van der Waals surface area contributed by atoms with Crippen LogP contribution >= 0.6 is 0 Å². The molecule has 4 heteroatoms. The van der Waals surface area contributed by atoms with E-state index in [1.165, 1.54) is 11.1 Å². The number of benzene rings is 1. The maximum absolute atomic E-state index is 5.55. The van der Waals surface area contributed by atoms with E-state index < -0.39 is 0 Å². The molecule has 0 saturated heterocycles. The van der Waals surface area contributed by atoms with Gasteiger partial charge >= 0.3 is 0 Å². The Bertz CT molecular complexity index is 394. The minimum Gasteiger partial charge on any atom is -0.497 e. The summed E-state index contributed by atoms with van der Waals surface area (Å²) in [6, 6.07) is 3.95. The zero-order valence-electron chi connectivity index (χ0n) is 12.5. The molecule has 0 aliphatic heterocycles. The van der Waals surface area contributed by atoms with E-state index in [9.17, 15) is 0 Å². The molecule has 4 nitrogen and oxygen atoms in total. The lowest BCUT2D eigenvalue weighted by molar-refractivity contribution is 0.388. The first-order chi connectivity index (χ1) is 9.12. The Morgan fingerprint density at radius 2 is 2.00 bits per heavy atom. The summed E-state index contributed by atoms with van der Waals surface area (Å²) in [6.07, 6.45) is 1.05. The molecule has 1 atom stereocenters. The van der Waals surface area contributed by atoms with E-state index in [1.807, 2.05) is 12.1 Å². The summed E-state index contributed by atoms with van der Waals surface area (Å²) in [5, 5.41) is 3.46. The summed E-state index contributed by atoms with van der Waals surface area (Å²) < 4.78 is 10.7. The molecule has 0 radical (unpaired) electrons. The van der Waals surface area contributed by atoms with Gasteiger partial charge in [0.1, 0.15) is 11.5 Å². The van der Waals surface area contributed by atoms with Crippen molar-refractivity contribution < 1.29 is 9.47 Å². The Hall–Kier alpha value is -1.26. The van der Waals surface area contributed by atoms with Crippen LogP contribution in [-0.2, 0) is 6.54 Å². The number of aryl methyl sites for hydroxylation is 1. The fourth-order valence-corrected chi connectivity index (χ4v) is 2.11. The molecular weight excluding hydrogens is 240 g/mol. The Balaban J connectivity index is 2.67. The minimum absolute atomic E-state index is 0.592. The van der Waals surface area contributed by atoms with Crippen molar-refractivity contribution in [3.63, 3.8) is 0 Å². The Morgan fingerprint density at radius 3 is 2.58 bits per heavy atom. The van der Waals surface area contributed by atoms with Crippen molar-refractivity contribution >= 4 is 0 Å². The summed E-state index contributed by atoms with van der Waals surface area (Å²) in [4.78, 5) is 0. The molecule has 1 aromatic carbocycles. The highest BCUT2D eigenvalue weighted by atomic mass is 16.5. The lowest BCUT2D eigenvalue weighted by Crippen LogP contribution is -2.23. The van der Waals surface area contributed by atoms with Crippen molar-refractivity contribution in [3.05, 3.63) is 23.3 Å². The predicted molar refractivity (Wildman–Crippen MR) is 78.8 cm³/mol. The third-order valence-electron chi connectivity index (χ3n) is 3.32. The van der Waals surface area contributed by atoms with E-state index in [1.54, 1.807) is 14.2 Å². The predicted octanol–water partition coefficient (Wildman–Crippen LogP) is 2.09. The molecule has 1 rings (SSSR count). The molecule has 0 aliphatic carbocycles. The lowest BCUT2D eigenvalue weighted by Gasteiger charge is -2.16. The quantitative estimate of drug-likeness (QED) is 0.756. The molecule has 0 fully saturated rings. The molecule has 1 unspecified atom stereocenters. The van der Waals surface area contributed by atoms with Gasteiger partial charge in [0, 0.05) is 18.2 Å². The lowest BCUT2D eigenvalue weighted by atomic mass is 10.1. The minimum atomic E-state index is 0.592. The van der Waals surface area contributed by atoms with Crippen LogP contribution in [0, 0.1) is 12.8 Å². The highest BCUT2D eigenvalue weighted by Gasteiger charge is 2.09. The van der Waals surface area contributed by atoms with Gasteiger partial charge < -0.3 is 20.5 Å². The monoisotopic (exact) mass is 266 g/mol. The smallest absolute Gasteiger partial charge is 0.127 e. The van der Waals surface area contributed by atoms with Gasteiger partial charge in [-0.25, -0.2) is 0 Å². The molecule has 1 aromatic rings. The zero-order valence-corrected chi connectivity index (χ0v) is 12.5. The van der Waals surface area contributed by atoms with Crippen LogP contribution in [0.4, 0.5) is 0 Å². The van der Waals surface area contributed by atoms with E-state index in [-0.39, 0.29) is 0 Å². The molecule has 0 heterocycles. The number of hydrogen-bond donors (Lipinski definition) is 2. The Morgan fingerprint density at radius 1 is 1.26 bits per heavy atom. The van der Waals surface area contributed by atoms with E-state index in [2.05, 4.69) is 19.2 Å². The summed E-state index contributed by atoms with van der Waals surface area (Å²) in [5.74, 6) is 2.29. The van der Waals surface area contributed by atoms with Crippen molar-refractivity contribution in [2.45, 2.75) is 26.8 Å². The van der Waals surface area contributed by atoms with Crippen molar-refractivity contribution in [2.75, 3.05) is 27.3 Å². The van der Waals surface area contributed by atoms with E-state index in [0.717, 1.165) is 37.6 Å². The molecule has 0 aromatic heterocycles. The maximum Gasteiger partial charge on any atom is 0.127 e. The van der Waals surface area contributed by atoms with Crippen LogP contribution in [0.2, 0.25) is 0 Å². The third-order valence-corrected chi connectivity index (χ3v) is 3.32. The molecule has 0 spiro atoms.